The van der Waals surface area contributed by atoms with Crippen molar-refractivity contribution in [2.24, 2.45) is 0 Å². The van der Waals surface area contributed by atoms with Gasteiger partial charge in [-0.15, -0.1) is 0 Å². The number of nitrogens with one attached hydrogen (secondary N) is 1. The number of hydrogen-bond donors (Lipinski definition) is 2. The Hall–Kier alpha value is -0.930. The Bertz CT molecular complexity index is 351. The molecule has 0 radical (unpaired) electrons. The molecule has 0 aliphatic carbocycles. The van der Waals surface area contributed by atoms with Crippen molar-refractivity contribution in [3.63, 3.8) is 0 Å². The molecule has 0 spiro atoms. The first kappa shape index (κ1) is 10.6. The molecule has 0 bridgehead atoms. The van der Waals surface area contributed by atoms with Gasteiger partial charge < -0.3 is 10.4 Å². The zero-order valence-corrected chi connectivity index (χ0v) is 8.83. The van der Waals surface area contributed by atoms with E-state index in [1.807, 2.05) is 13.0 Å². The summed E-state index contributed by atoms with van der Waals surface area (Å²) >= 11 is 0. The summed E-state index contributed by atoms with van der Waals surface area (Å²) < 4.78 is 13.0. The SMILES string of the molecule is CC1(O)CCNC(c2cccc(F)c2)C1. The van der Waals surface area contributed by atoms with E-state index in [1.54, 1.807) is 6.07 Å². The minimum absolute atomic E-state index is 0.0597. The second-order valence-corrected chi connectivity index (χ2v) is 4.51. The van der Waals surface area contributed by atoms with Crippen molar-refractivity contribution in [2.75, 3.05) is 6.54 Å². The molecule has 2 unspecified atom stereocenters. The monoisotopic (exact) mass is 209 g/mol. The summed E-state index contributed by atoms with van der Waals surface area (Å²) in [4.78, 5) is 0. The number of benzene rings is 1. The smallest absolute Gasteiger partial charge is 0.123 e. The quantitative estimate of drug-likeness (QED) is 0.741. The van der Waals surface area contributed by atoms with E-state index >= 15 is 0 Å². The molecule has 1 heterocycles. The average molecular weight is 209 g/mol. The summed E-state index contributed by atoms with van der Waals surface area (Å²) in [6, 6.07) is 6.62. The van der Waals surface area contributed by atoms with Crippen LogP contribution in [0, 0.1) is 5.82 Å². The van der Waals surface area contributed by atoms with Crippen LogP contribution < -0.4 is 5.32 Å². The molecule has 15 heavy (non-hydrogen) atoms. The summed E-state index contributed by atoms with van der Waals surface area (Å²) in [6.07, 6.45) is 1.38. The largest absolute Gasteiger partial charge is 0.390 e. The Balaban J connectivity index is 2.17. The highest BCUT2D eigenvalue weighted by molar-refractivity contribution is 5.21. The number of hydrogen-bond acceptors (Lipinski definition) is 2. The van der Waals surface area contributed by atoms with Crippen LogP contribution in [0.1, 0.15) is 31.4 Å². The Morgan fingerprint density at radius 2 is 2.33 bits per heavy atom. The highest BCUT2D eigenvalue weighted by Crippen LogP contribution is 2.29. The predicted molar refractivity (Wildman–Crippen MR) is 57.0 cm³/mol. The van der Waals surface area contributed by atoms with Crippen LogP contribution in [0.15, 0.2) is 24.3 Å². The van der Waals surface area contributed by atoms with Gasteiger partial charge in [-0.2, -0.15) is 0 Å². The molecule has 2 N–H and O–H groups in total. The fourth-order valence-corrected chi connectivity index (χ4v) is 2.09. The molecule has 2 rings (SSSR count). The second kappa shape index (κ2) is 3.91. The third kappa shape index (κ3) is 2.55. The first-order chi connectivity index (χ1) is 7.07. The minimum atomic E-state index is -0.637. The van der Waals surface area contributed by atoms with Crippen molar-refractivity contribution in [2.45, 2.75) is 31.4 Å². The van der Waals surface area contributed by atoms with Gasteiger partial charge in [0.05, 0.1) is 5.60 Å². The lowest BCUT2D eigenvalue weighted by molar-refractivity contribution is 0.0131. The molecular formula is C12H16FNO. The fourth-order valence-electron chi connectivity index (χ4n) is 2.09. The van der Waals surface area contributed by atoms with E-state index in [4.69, 9.17) is 0 Å². The van der Waals surface area contributed by atoms with Crippen LogP contribution in [0.5, 0.6) is 0 Å². The molecule has 1 aromatic rings. The van der Waals surface area contributed by atoms with Gasteiger partial charge in [-0.25, -0.2) is 4.39 Å². The predicted octanol–water partition coefficient (Wildman–Crippen LogP) is 2.00. The molecule has 82 valence electrons. The van der Waals surface area contributed by atoms with Gasteiger partial charge in [0.1, 0.15) is 5.82 Å². The van der Waals surface area contributed by atoms with Crippen LogP contribution in [0.3, 0.4) is 0 Å². The van der Waals surface area contributed by atoms with E-state index in [0.29, 0.717) is 6.42 Å². The molecule has 2 atom stereocenters. The lowest BCUT2D eigenvalue weighted by Gasteiger charge is -2.35. The van der Waals surface area contributed by atoms with Crippen molar-refractivity contribution in [3.05, 3.63) is 35.6 Å². The Morgan fingerprint density at radius 3 is 3.00 bits per heavy atom. The first-order valence-corrected chi connectivity index (χ1v) is 5.28. The molecule has 1 saturated heterocycles. The fraction of sp³-hybridized carbons (Fsp3) is 0.500. The highest BCUT2D eigenvalue weighted by Gasteiger charge is 2.30. The molecule has 0 aromatic heterocycles. The second-order valence-electron chi connectivity index (χ2n) is 4.51. The Kier molecular flexibility index (Phi) is 2.76. The van der Waals surface area contributed by atoms with E-state index in [0.717, 1.165) is 18.5 Å². The van der Waals surface area contributed by atoms with Crippen LogP contribution in [0.25, 0.3) is 0 Å². The van der Waals surface area contributed by atoms with Crippen LogP contribution in [-0.2, 0) is 0 Å². The van der Waals surface area contributed by atoms with Crippen LogP contribution in [-0.4, -0.2) is 17.3 Å². The van der Waals surface area contributed by atoms with E-state index in [-0.39, 0.29) is 11.9 Å². The van der Waals surface area contributed by atoms with Crippen molar-refractivity contribution >= 4 is 0 Å². The zero-order valence-electron chi connectivity index (χ0n) is 8.83. The van der Waals surface area contributed by atoms with Crippen LogP contribution in [0.2, 0.25) is 0 Å². The van der Waals surface area contributed by atoms with Gasteiger partial charge in [-0.3, -0.25) is 0 Å². The molecular weight excluding hydrogens is 193 g/mol. The van der Waals surface area contributed by atoms with E-state index in [1.165, 1.54) is 12.1 Å². The third-order valence-electron chi connectivity index (χ3n) is 2.95. The maximum Gasteiger partial charge on any atom is 0.123 e. The van der Waals surface area contributed by atoms with Gasteiger partial charge in [-0.05, 0) is 44.0 Å². The molecule has 0 saturated carbocycles. The van der Waals surface area contributed by atoms with Crippen molar-refractivity contribution in [3.8, 4) is 0 Å². The van der Waals surface area contributed by atoms with Gasteiger partial charge in [0.15, 0.2) is 0 Å². The van der Waals surface area contributed by atoms with Crippen molar-refractivity contribution < 1.29 is 9.50 Å². The average Bonchev–Trinajstić information content (AvgIpc) is 2.16. The van der Waals surface area contributed by atoms with Crippen LogP contribution in [0.4, 0.5) is 4.39 Å². The molecule has 1 fully saturated rings. The molecule has 3 heteroatoms. The summed E-state index contributed by atoms with van der Waals surface area (Å²) in [5.74, 6) is -0.223. The molecule has 1 aliphatic heterocycles. The molecule has 2 nitrogen and oxygen atoms in total. The maximum atomic E-state index is 13.0. The maximum absolute atomic E-state index is 13.0. The standard InChI is InChI=1S/C12H16FNO/c1-12(15)5-6-14-11(8-12)9-3-2-4-10(13)7-9/h2-4,7,11,14-15H,5-6,8H2,1H3. The highest BCUT2D eigenvalue weighted by atomic mass is 19.1. The zero-order chi connectivity index (χ0) is 10.9. The van der Waals surface area contributed by atoms with E-state index in [2.05, 4.69) is 5.32 Å². The van der Waals surface area contributed by atoms with Gasteiger partial charge in [0.2, 0.25) is 0 Å². The lowest BCUT2D eigenvalue weighted by Crippen LogP contribution is -2.41. The van der Waals surface area contributed by atoms with E-state index in [9.17, 15) is 9.50 Å². The van der Waals surface area contributed by atoms with E-state index < -0.39 is 5.60 Å². The summed E-state index contributed by atoms with van der Waals surface area (Å²) in [5.41, 5.74) is 0.275. The number of aliphatic hydroxyl groups is 1. The molecule has 1 aromatic carbocycles. The van der Waals surface area contributed by atoms with Gasteiger partial charge in [0.25, 0.3) is 0 Å². The molecule has 1 aliphatic rings. The summed E-state index contributed by atoms with van der Waals surface area (Å²) in [7, 11) is 0. The summed E-state index contributed by atoms with van der Waals surface area (Å²) in [6.45, 7) is 2.61. The minimum Gasteiger partial charge on any atom is -0.390 e. The number of piperidine rings is 1. The summed E-state index contributed by atoms with van der Waals surface area (Å²) in [5, 5.41) is 13.2. The Morgan fingerprint density at radius 1 is 1.53 bits per heavy atom. The Labute approximate surface area is 89.1 Å². The number of rotatable bonds is 1. The first-order valence-electron chi connectivity index (χ1n) is 5.28. The van der Waals surface area contributed by atoms with Gasteiger partial charge in [0, 0.05) is 6.04 Å². The topological polar surface area (TPSA) is 32.3 Å². The van der Waals surface area contributed by atoms with Crippen molar-refractivity contribution in [1.82, 2.24) is 5.32 Å². The van der Waals surface area contributed by atoms with Crippen LogP contribution >= 0.6 is 0 Å². The van der Waals surface area contributed by atoms with Crippen molar-refractivity contribution in [1.29, 1.82) is 0 Å². The third-order valence-corrected chi connectivity index (χ3v) is 2.95. The number of halogens is 1. The molecule has 0 amide bonds. The normalized spacial score (nSPS) is 31.5. The van der Waals surface area contributed by atoms with Gasteiger partial charge in [-0.1, -0.05) is 12.1 Å². The lowest BCUT2D eigenvalue weighted by atomic mass is 9.86. The van der Waals surface area contributed by atoms with Gasteiger partial charge >= 0.3 is 0 Å².